The van der Waals surface area contributed by atoms with Crippen LogP contribution in [-0.4, -0.2) is 37.7 Å². The zero-order valence-corrected chi connectivity index (χ0v) is 13.0. The molecule has 0 bridgehead atoms. The van der Waals surface area contributed by atoms with E-state index in [4.69, 9.17) is 5.73 Å². The fourth-order valence-electron chi connectivity index (χ4n) is 2.63. The molecule has 4 rings (SSSR count). The molecule has 0 atom stereocenters. The first-order valence-corrected chi connectivity index (χ1v) is 7.73. The lowest BCUT2D eigenvalue weighted by atomic mass is 10.1. The second-order valence-electron chi connectivity index (χ2n) is 5.37. The molecule has 0 fully saturated rings. The Kier molecular flexibility index (Phi) is 3.68. The van der Waals surface area contributed by atoms with Gasteiger partial charge in [0.1, 0.15) is 11.6 Å². The van der Waals surface area contributed by atoms with Crippen molar-refractivity contribution in [3.63, 3.8) is 0 Å². The Labute approximate surface area is 138 Å². The van der Waals surface area contributed by atoms with Crippen LogP contribution in [0, 0.1) is 0 Å². The lowest BCUT2D eigenvalue weighted by molar-refractivity contribution is 0.933. The highest BCUT2D eigenvalue weighted by Gasteiger charge is 2.10. The Hall–Kier alpha value is -3.19. The van der Waals surface area contributed by atoms with Gasteiger partial charge in [0.05, 0.1) is 6.20 Å². The molecule has 7 heteroatoms. The van der Waals surface area contributed by atoms with Crippen molar-refractivity contribution in [3.8, 4) is 22.5 Å². The molecule has 3 heterocycles. The summed E-state index contributed by atoms with van der Waals surface area (Å²) < 4.78 is 1.77. The van der Waals surface area contributed by atoms with Gasteiger partial charge < -0.3 is 16.0 Å². The summed E-state index contributed by atoms with van der Waals surface area (Å²) in [5, 5.41) is 7.58. The number of aromatic amines is 1. The van der Waals surface area contributed by atoms with E-state index in [2.05, 4.69) is 31.4 Å². The van der Waals surface area contributed by atoms with Gasteiger partial charge >= 0.3 is 0 Å². The summed E-state index contributed by atoms with van der Waals surface area (Å²) in [4.78, 5) is 12.1. The number of nitrogens with one attached hydrogen (secondary N) is 2. The summed E-state index contributed by atoms with van der Waals surface area (Å²) in [6.07, 6.45) is 7.28. The first-order chi connectivity index (χ1) is 11.8. The molecule has 0 amide bonds. The first kappa shape index (κ1) is 14.4. The van der Waals surface area contributed by atoms with Gasteiger partial charge in [0.2, 0.25) is 0 Å². The predicted octanol–water partition coefficient (Wildman–Crippen LogP) is 2.16. The number of H-pyrrole nitrogens is 1. The Morgan fingerprint density at radius 2 is 2.12 bits per heavy atom. The molecule has 0 saturated heterocycles. The fourth-order valence-corrected chi connectivity index (χ4v) is 2.63. The second-order valence-corrected chi connectivity index (χ2v) is 5.37. The molecule has 0 spiro atoms. The van der Waals surface area contributed by atoms with Crippen molar-refractivity contribution in [2.75, 3.05) is 18.4 Å². The average Bonchev–Trinajstić information content (AvgIpc) is 3.29. The monoisotopic (exact) mass is 319 g/mol. The summed E-state index contributed by atoms with van der Waals surface area (Å²) in [6, 6.07) is 10.0. The Morgan fingerprint density at radius 3 is 2.96 bits per heavy atom. The van der Waals surface area contributed by atoms with Crippen molar-refractivity contribution >= 4 is 11.5 Å². The van der Waals surface area contributed by atoms with Gasteiger partial charge in [0.15, 0.2) is 5.65 Å². The van der Waals surface area contributed by atoms with Gasteiger partial charge in [-0.3, -0.25) is 0 Å². The van der Waals surface area contributed by atoms with E-state index < -0.39 is 0 Å². The van der Waals surface area contributed by atoms with Crippen LogP contribution < -0.4 is 11.1 Å². The maximum absolute atomic E-state index is 5.54. The number of aromatic nitrogens is 5. The number of hydrogen-bond donors (Lipinski definition) is 3. The van der Waals surface area contributed by atoms with Crippen molar-refractivity contribution in [1.82, 2.24) is 24.6 Å². The number of fused-ring (bicyclic) bond motifs is 1. The Balaban J connectivity index is 1.77. The van der Waals surface area contributed by atoms with Crippen molar-refractivity contribution < 1.29 is 0 Å². The van der Waals surface area contributed by atoms with E-state index in [0.717, 1.165) is 34.0 Å². The predicted molar refractivity (Wildman–Crippen MR) is 93.5 cm³/mol. The molecule has 0 aliphatic heterocycles. The van der Waals surface area contributed by atoms with Gasteiger partial charge in [-0.2, -0.15) is 5.10 Å². The zero-order chi connectivity index (χ0) is 16.4. The highest BCUT2D eigenvalue weighted by Crippen LogP contribution is 2.27. The molecule has 0 saturated carbocycles. The summed E-state index contributed by atoms with van der Waals surface area (Å²) in [6.45, 7) is 1.24. The molecule has 0 unspecified atom stereocenters. The van der Waals surface area contributed by atoms with E-state index >= 15 is 0 Å². The fraction of sp³-hybridized carbons (Fsp3) is 0.118. The SMILES string of the molecule is NCCNc1ccn2ncc(-c3cccc(-c4ncc[nH]4)c3)c2n1. The minimum absolute atomic E-state index is 0.560. The molecule has 3 aromatic heterocycles. The van der Waals surface area contributed by atoms with Crippen LogP contribution in [0.15, 0.2) is 55.1 Å². The third kappa shape index (κ3) is 2.61. The molecule has 4 aromatic rings. The molecule has 1 aromatic carbocycles. The molecule has 4 N–H and O–H groups in total. The van der Waals surface area contributed by atoms with Crippen molar-refractivity contribution in [3.05, 3.63) is 55.1 Å². The van der Waals surface area contributed by atoms with Gasteiger partial charge in [-0.1, -0.05) is 18.2 Å². The minimum Gasteiger partial charge on any atom is -0.369 e. The van der Waals surface area contributed by atoms with E-state index in [1.807, 2.05) is 42.9 Å². The zero-order valence-electron chi connectivity index (χ0n) is 13.0. The quantitative estimate of drug-likeness (QED) is 0.524. The Morgan fingerprint density at radius 1 is 1.21 bits per heavy atom. The van der Waals surface area contributed by atoms with Gasteiger partial charge in [0, 0.05) is 42.8 Å². The summed E-state index contributed by atoms with van der Waals surface area (Å²) in [5.41, 5.74) is 9.37. The molecule has 7 nitrogen and oxygen atoms in total. The van der Waals surface area contributed by atoms with Crippen LogP contribution in [0.5, 0.6) is 0 Å². The number of benzene rings is 1. The van der Waals surface area contributed by atoms with Gasteiger partial charge in [-0.05, 0) is 17.7 Å². The van der Waals surface area contributed by atoms with Crippen molar-refractivity contribution in [2.24, 2.45) is 5.73 Å². The third-order valence-electron chi connectivity index (χ3n) is 3.76. The van der Waals surface area contributed by atoms with E-state index in [1.54, 1.807) is 10.7 Å². The van der Waals surface area contributed by atoms with Crippen LogP contribution in [0.4, 0.5) is 5.82 Å². The number of imidazole rings is 1. The van der Waals surface area contributed by atoms with Crippen LogP contribution in [0.25, 0.3) is 28.2 Å². The van der Waals surface area contributed by atoms with Crippen LogP contribution in [0.3, 0.4) is 0 Å². The maximum Gasteiger partial charge on any atom is 0.165 e. The molecule has 0 radical (unpaired) electrons. The molecule has 0 aliphatic rings. The summed E-state index contributed by atoms with van der Waals surface area (Å²) in [7, 11) is 0. The van der Waals surface area contributed by atoms with E-state index in [1.165, 1.54) is 0 Å². The van der Waals surface area contributed by atoms with Crippen LogP contribution in [0.1, 0.15) is 0 Å². The van der Waals surface area contributed by atoms with E-state index in [9.17, 15) is 0 Å². The number of rotatable bonds is 5. The normalized spacial score (nSPS) is 11.0. The van der Waals surface area contributed by atoms with E-state index in [0.29, 0.717) is 13.1 Å². The van der Waals surface area contributed by atoms with Gasteiger partial charge in [-0.25, -0.2) is 14.5 Å². The topological polar surface area (TPSA) is 96.9 Å². The standard InChI is InChI=1S/C17H17N7/c18-5-6-19-15-4-9-24-17(23-15)14(11-22-24)12-2-1-3-13(10-12)16-20-7-8-21-16/h1-4,7-11H,5-6,18H2,(H,19,23)(H,20,21). The van der Waals surface area contributed by atoms with Gasteiger partial charge in [0.25, 0.3) is 0 Å². The number of nitrogens with two attached hydrogens (primary N) is 1. The first-order valence-electron chi connectivity index (χ1n) is 7.73. The summed E-state index contributed by atoms with van der Waals surface area (Å²) >= 11 is 0. The molecule has 24 heavy (non-hydrogen) atoms. The lowest BCUT2D eigenvalue weighted by Crippen LogP contribution is -2.14. The largest absolute Gasteiger partial charge is 0.369 e. The molecule has 0 aliphatic carbocycles. The average molecular weight is 319 g/mol. The molecule has 120 valence electrons. The van der Waals surface area contributed by atoms with Crippen molar-refractivity contribution in [2.45, 2.75) is 0 Å². The highest BCUT2D eigenvalue weighted by molar-refractivity contribution is 5.80. The van der Waals surface area contributed by atoms with Crippen LogP contribution in [-0.2, 0) is 0 Å². The molecular weight excluding hydrogens is 302 g/mol. The smallest absolute Gasteiger partial charge is 0.165 e. The summed E-state index contributed by atoms with van der Waals surface area (Å²) in [5.74, 6) is 1.63. The number of anilines is 1. The van der Waals surface area contributed by atoms with Crippen LogP contribution >= 0.6 is 0 Å². The van der Waals surface area contributed by atoms with Gasteiger partial charge in [-0.15, -0.1) is 0 Å². The van der Waals surface area contributed by atoms with E-state index in [-0.39, 0.29) is 0 Å². The minimum atomic E-state index is 0.560. The maximum atomic E-state index is 5.54. The lowest BCUT2D eigenvalue weighted by Gasteiger charge is -2.05. The van der Waals surface area contributed by atoms with Crippen molar-refractivity contribution in [1.29, 1.82) is 0 Å². The number of hydrogen-bond acceptors (Lipinski definition) is 5. The highest BCUT2D eigenvalue weighted by atomic mass is 15.2. The third-order valence-corrected chi connectivity index (χ3v) is 3.76. The number of nitrogens with zero attached hydrogens (tertiary/aromatic N) is 4. The Bertz CT molecular complexity index is 956. The second kappa shape index (κ2) is 6.13. The molecular formula is C17H17N7. The van der Waals surface area contributed by atoms with Crippen LogP contribution in [0.2, 0.25) is 0 Å².